The van der Waals surface area contributed by atoms with E-state index in [1.807, 2.05) is 13.0 Å². The number of fused-ring (bicyclic) bond motifs is 5. The number of hydrogen-bond acceptors (Lipinski definition) is 14. The molecule has 5 rings (SSSR count). The number of amides is 9. The number of benzene rings is 2. The van der Waals surface area contributed by atoms with Crippen molar-refractivity contribution in [1.29, 1.82) is 0 Å². The molecule has 0 saturated carbocycles. The largest absolute Gasteiger partial charge is 0.495 e. The fourth-order valence-corrected chi connectivity index (χ4v) is 11.9. The highest BCUT2D eigenvalue weighted by molar-refractivity contribution is 9.09. The van der Waals surface area contributed by atoms with Crippen molar-refractivity contribution in [2.24, 2.45) is 23.5 Å². The summed E-state index contributed by atoms with van der Waals surface area (Å²) < 4.78 is 29.4. The van der Waals surface area contributed by atoms with Gasteiger partial charge in [0.05, 0.1) is 31.2 Å². The Morgan fingerprint density at radius 3 is 2.31 bits per heavy atom. The van der Waals surface area contributed by atoms with E-state index in [1.165, 1.54) is 25.2 Å². The van der Waals surface area contributed by atoms with E-state index < -0.39 is 96.1 Å². The van der Waals surface area contributed by atoms with Gasteiger partial charge in [-0.2, -0.15) is 0 Å². The smallest absolute Gasteiger partial charge is 0.412 e. The molecule has 0 aliphatic carbocycles. The molecule has 26 heteroatoms. The quantitative estimate of drug-likeness (QED) is 0.0315. The number of ether oxygens (including phenoxy) is 5. The fourth-order valence-electron chi connectivity index (χ4n) is 9.94. The van der Waals surface area contributed by atoms with Crippen LogP contribution >= 0.6 is 43.5 Å². The minimum absolute atomic E-state index is 0.0644. The summed E-state index contributed by atoms with van der Waals surface area (Å²) in [6.45, 7) is 11.1. The Morgan fingerprint density at radius 2 is 1.66 bits per heavy atom. The zero-order valence-corrected chi connectivity index (χ0v) is 52.3. The monoisotopic (exact) mass is 1310 g/mol. The summed E-state index contributed by atoms with van der Waals surface area (Å²) in [6.07, 6.45) is 1.65. The molecule has 0 aromatic heterocycles. The van der Waals surface area contributed by atoms with Crippen LogP contribution in [0.4, 0.5) is 31.4 Å². The van der Waals surface area contributed by atoms with Gasteiger partial charge in [0.2, 0.25) is 29.5 Å². The van der Waals surface area contributed by atoms with Gasteiger partial charge in [-0.15, -0.1) is 0 Å². The van der Waals surface area contributed by atoms with Gasteiger partial charge in [0.25, 0.3) is 0 Å². The van der Waals surface area contributed by atoms with Crippen molar-refractivity contribution in [1.82, 2.24) is 26.6 Å². The number of epoxide rings is 1. The highest BCUT2D eigenvalue weighted by atomic mass is 79.9. The Bertz CT molecular complexity index is 2730. The van der Waals surface area contributed by atoms with Crippen molar-refractivity contribution in [3.63, 3.8) is 0 Å². The molecule has 0 radical (unpaired) electrons. The Hall–Kier alpha value is -5.99. The second-order valence-electron chi connectivity index (χ2n) is 21.7. The fraction of sp³-hybridized carbons (Fsp3) is 0.579. The maximum Gasteiger partial charge on any atom is 0.412 e. The highest BCUT2D eigenvalue weighted by Crippen LogP contribution is 2.49. The molecule has 2 aromatic carbocycles. The first-order valence-corrected chi connectivity index (χ1v) is 30.2. The molecule has 3 aliphatic heterocycles. The topological polar surface area (TPSA) is 320 Å². The van der Waals surface area contributed by atoms with E-state index in [9.17, 15) is 43.5 Å². The second-order valence-corrected chi connectivity index (χ2v) is 23.4. The maximum atomic E-state index is 14.4. The minimum atomic E-state index is -1.89. The van der Waals surface area contributed by atoms with E-state index in [-0.39, 0.29) is 66.6 Å². The van der Waals surface area contributed by atoms with E-state index in [0.29, 0.717) is 65.6 Å². The number of primary amides is 1. The molecule has 2 saturated heterocycles. The normalized spacial score (nSPS) is 24.3. The summed E-state index contributed by atoms with van der Waals surface area (Å²) in [7, 11) is 4.42. The van der Waals surface area contributed by atoms with E-state index in [1.54, 1.807) is 78.1 Å². The van der Waals surface area contributed by atoms with Gasteiger partial charge >= 0.3 is 18.2 Å². The van der Waals surface area contributed by atoms with Gasteiger partial charge in [0.1, 0.15) is 46.8 Å². The lowest BCUT2D eigenvalue weighted by Crippen LogP contribution is -2.63. The number of nitrogens with one attached hydrogen (secondary N) is 7. The predicted molar refractivity (Wildman–Crippen MR) is 321 cm³/mol. The molecule has 9 atom stereocenters. The SMILES string of the molecule is COc1cc2cc(c1Cl)N(C)C(=O)C[C@H](OC(=O)Nc1ccc(NC(=O)[C@H](CCCNC(N)=O)NC(=O)[C@@H](NC(=O)CCCCCNC(=O)C(CBr)CBr)C(C)C)c(C)c1)[C@]1(C)O[C@H]1[C@H](C)[C@@H]1C[C@@](O)(NC(=O)O1)[C@H](OC)/C=C/C=C(\C)C2. The number of anilines is 3. The van der Waals surface area contributed by atoms with Gasteiger partial charge in [-0.25, -0.2) is 14.4 Å². The van der Waals surface area contributed by atoms with Crippen LogP contribution in [-0.4, -0.2) is 146 Å². The number of alkyl carbamates (subject to hydrolysis) is 1. The van der Waals surface area contributed by atoms with Crippen LogP contribution in [0, 0.1) is 24.7 Å². The van der Waals surface area contributed by atoms with Crippen LogP contribution in [0.2, 0.25) is 5.02 Å². The lowest BCUT2D eigenvalue weighted by Gasteiger charge is -2.42. The van der Waals surface area contributed by atoms with E-state index in [4.69, 9.17) is 41.0 Å². The van der Waals surface area contributed by atoms with Gasteiger partial charge in [-0.05, 0) is 100 Å². The summed E-state index contributed by atoms with van der Waals surface area (Å²) in [5.41, 5.74) is 5.10. The van der Waals surface area contributed by atoms with Gasteiger partial charge in [-0.3, -0.25) is 34.6 Å². The van der Waals surface area contributed by atoms with Crippen LogP contribution in [0.1, 0.15) is 97.1 Å². The number of halogens is 3. The average Bonchev–Trinajstić information content (AvgIpc) is 2.29. The van der Waals surface area contributed by atoms with E-state index in [0.717, 1.165) is 11.1 Å². The molecule has 3 aliphatic rings. The standard InChI is InChI=1S/C57H80Br2ClN9O14/c1-31(2)48(67-45(70)18-11-10-12-21-62-50(72)36(29-58)30-59)52(74)66-39(16-14-22-63-53(61)75)51(73)65-38-20-19-37(24-33(38)4)64-54(76)82-44-27-46(71)69(7)40-25-35(26-41(79-8)47(40)60)23-32(3)15-13-17-43(80-9)57(78)28-42(81-55(77)68-57)34(5)49-56(44,6)83-49/h13,15,17,19-20,24-26,31,34,36,39,42-44,48-49,78H,10-12,14,16,18,21-23,27-30H2,1-9H3,(H,62,72)(H,64,76)(H,65,73)(H,66,74)(H,67,70)(H,68,77)(H3,61,63,75)/b17-13+,32-15+/t34-,39+,42+,43-,44+,48+,49+,56+,57+/m1/s1. The summed E-state index contributed by atoms with van der Waals surface area (Å²) in [6, 6.07) is 5.28. The number of rotatable bonds is 23. The number of alkyl halides is 2. The van der Waals surface area contributed by atoms with Crippen LogP contribution in [0.15, 0.2) is 54.1 Å². The molecule has 23 nitrogen and oxygen atoms in total. The first-order valence-electron chi connectivity index (χ1n) is 27.6. The van der Waals surface area contributed by atoms with Crippen molar-refractivity contribution < 1.29 is 67.1 Å². The third-order valence-electron chi connectivity index (χ3n) is 14.9. The maximum absolute atomic E-state index is 14.4. The third-order valence-corrected chi connectivity index (χ3v) is 16.9. The molecule has 2 fully saturated rings. The van der Waals surface area contributed by atoms with Crippen molar-refractivity contribution >= 4 is 108 Å². The van der Waals surface area contributed by atoms with Gasteiger partial charge in [0, 0.05) is 68.0 Å². The number of nitrogens with zero attached hydrogens (tertiary/aromatic N) is 1. The van der Waals surface area contributed by atoms with Crippen LogP contribution < -0.4 is 52.6 Å². The molecule has 0 spiro atoms. The summed E-state index contributed by atoms with van der Waals surface area (Å²) in [5.74, 6) is -2.94. The van der Waals surface area contributed by atoms with E-state index in [2.05, 4.69) is 69.1 Å². The number of urea groups is 1. The summed E-state index contributed by atoms with van der Waals surface area (Å²) >= 11 is 13.5. The van der Waals surface area contributed by atoms with Crippen LogP contribution in [0.5, 0.6) is 5.75 Å². The molecular formula is C57H80Br2ClN9O14. The number of carbonyl (C=O) groups is 8. The number of unbranched alkanes of at least 4 members (excludes halogenated alkanes) is 2. The Labute approximate surface area is 506 Å². The Kier molecular flexibility index (Phi) is 25.5. The molecule has 10 N–H and O–H groups in total. The first kappa shape index (κ1) is 67.8. The molecule has 458 valence electrons. The number of methoxy groups -OCH3 is 2. The van der Waals surface area contributed by atoms with Crippen molar-refractivity contribution in [2.75, 3.05) is 60.6 Å². The zero-order valence-electron chi connectivity index (χ0n) is 48.4. The average molecular weight is 1310 g/mol. The Morgan fingerprint density at radius 1 is 0.952 bits per heavy atom. The molecule has 2 aromatic rings. The highest BCUT2D eigenvalue weighted by Gasteiger charge is 2.64. The lowest BCUT2D eigenvalue weighted by atomic mass is 9.83. The molecule has 9 amide bonds. The molecule has 4 bridgehead atoms. The van der Waals surface area contributed by atoms with Crippen molar-refractivity contribution in [3.05, 3.63) is 70.3 Å². The minimum Gasteiger partial charge on any atom is -0.495 e. The van der Waals surface area contributed by atoms with Crippen LogP contribution in [0.25, 0.3) is 0 Å². The number of aryl methyl sites for hydroxylation is 1. The van der Waals surface area contributed by atoms with Crippen LogP contribution in [0.3, 0.4) is 0 Å². The molecule has 83 heavy (non-hydrogen) atoms. The lowest BCUT2D eigenvalue weighted by molar-refractivity contribution is -0.142. The van der Waals surface area contributed by atoms with Gasteiger partial charge in [-0.1, -0.05) is 94.5 Å². The first-order chi connectivity index (χ1) is 39.3. The zero-order chi connectivity index (χ0) is 61.3. The summed E-state index contributed by atoms with van der Waals surface area (Å²) in [5, 5.41) is 32.2. The van der Waals surface area contributed by atoms with E-state index >= 15 is 0 Å². The van der Waals surface area contributed by atoms with Crippen LogP contribution in [-0.2, 0) is 49.3 Å². The number of carbonyl (C=O) groups excluding carboxylic acids is 8. The van der Waals surface area contributed by atoms with Crippen molar-refractivity contribution in [3.8, 4) is 5.75 Å². The van der Waals surface area contributed by atoms with Gasteiger partial charge in [0.15, 0.2) is 5.72 Å². The summed E-state index contributed by atoms with van der Waals surface area (Å²) in [4.78, 5) is 108. The predicted octanol–water partition coefficient (Wildman–Crippen LogP) is 6.78. The van der Waals surface area contributed by atoms with Crippen molar-refractivity contribution in [2.45, 2.75) is 147 Å². The number of aliphatic hydroxyl groups is 1. The van der Waals surface area contributed by atoms with Gasteiger partial charge < -0.3 is 66.0 Å². The molecular weight excluding hydrogens is 1230 g/mol. The molecule has 0 unspecified atom stereocenters. The second kappa shape index (κ2) is 31.2. The Balaban J connectivity index is 1.31. The number of allylic oxidation sites excluding steroid dienone is 3. The number of nitrogens with two attached hydrogens (primary N) is 1. The third kappa shape index (κ3) is 19.0. The number of hydrogen-bond donors (Lipinski definition) is 9. The molecule has 3 heterocycles.